The second-order valence-corrected chi connectivity index (χ2v) is 6.68. The topological polar surface area (TPSA) is 68.2 Å². The molecule has 0 saturated heterocycles. The van der Waals surface area contributed by atoms with Crippen LogP contribution in [0.5, 0.6) is 0 Å². The number of rotatable bonds is 5. The third-order valence-corrected chi connectivity index (χ3v) is 3.63. The molecule has 1 heterocycles. The molecular weight excluding hydrogens is 280 g/mol. The van der Waals surface area contributed by atoms with Crippen LogP contribution < -0.4 is 10.6 Å². The van der Waals surface area contributed by atoms with Crippen LogP contribution in [0.25, 0.3) is 6.20 Å². The summed E-state index contributed by atoms with van der Waals surface area (Å²) in [5.74, 6) is 0. The molecule has 1 fully saturated rings. The van der Waals surface area contributed by atoms with Gasteiger partial charge < -0.3 is 15.4 Å². The van der Waals surface area contributed by atoms with E-state index in [1.807, 2.05) is 33.2 Å². The monoisotopic (exact) mass is 306 g/mol. The third kappa shape index (κ3) is 4.87. The van der Waals surface area contributed by atoms with E-state index in [9.17, 15) is 4.79 Å². The molecule has 0 bridgehead atoms. The first-order valence-electron chi connectivity index (χ1n) is 7.76. The molecule has 1 aliphatic carbocycles. The van der Waals surface area contributed by atoms with Crippen molar-refractivity contribution in [2.75, 3.05) is 0 Å². The molecule has 1 amide bonds. The van der Waals surface area contributed by atoms with Crippen LogP contribution in [0.1, 0.15) is 45.6 Å². The number of nitrogens with one attached hydrogen (secondary N) is 2. The van der Waals surface area contributed by atoms with Crippen molar-refractivity contribution in [1.29, 1.82) is 0 Å². The maximum atomic E-state index is 11.9. The van der Waals surface area contributed by atoms with Gasteiger partial charge in [0, 0.05) is 36.6 Å². The van der Waals surface area contributed by atoms with Crippen LogP contribution in [-0.2, 0) is 11.3 Å². The Morgan fingerprint density at radius 1 is 1.50 bits per heavy atom. The van der Waals surface area contributed by atoms with Gasteiger partial charge in [0.1, 0.15) is 5.60 Å². The van der Waals surface area contributed by atoms with Crippen LogP contribution in [0.4, 0.5) is 4.79 Å². The number of hydrogen-bond donors (Lipinski definition) is 2. The Bertz CT molecular complexity index is 518. The fraction of sp³-hybridized carbons (Fsp3) is 0.625. The summed E-state index contributed by atoms with van der Waals surface area (Å²) < 4.78 is 7.01. The van der Waals surface area contributed by atoms with Crippen LogP contribution in [0.15, 0.2) is 19.0 Å². The highest BCUT2D eigenvalue weighted by molar-refractivity contribution is 5.68. The number of carbonyl (C=O) groups is 1. The van der Waals surface area contributed by atoms with E-state index in [1.165, 1.54) is 0 Å². The number of aromatic nitrogens is 2. The summed E-state index contributed by atoms with van der Waals surface area (Å²) in [6.45, 7) is 10.0. The Morgan fingerprint density at radius 2 is 2.23 bits per heavy atom. The summed E-state index contributed by atoms with van der Waals surface area (Å²) in [6.07, 6.45) is 8.20. The molecular formula is C16H26N4O2. The van der Waals surface area contributed by atoms with Gasteiger partial charge in [-0.1, -0.05) is 6.58 Å². The molecule has 1 saturated carbocycles. The molecule has 0 radical (unpaired) electrons. The highest BCUT2D eigenvalue weighted by atomic mass is 16.6. The summed E-state index contributed by atoms with van der Waals surface area (Å²) >= 11 is 0. The number of carbonyl (C=O) groups excluding carboxylic acids is 1. The van der Waals surface area contributed by atoms with Gasteiger partial charge in [-0.15, -0.1) is 0 Å². The number of hydrogen-bond acceptors (Lipinski definition) is 4. The van der Waals surface area contributed by atoms with Gasteiger partial charge in [-0.05, 0) is 40.0 Å². The lowest BCUT2D eigenvalue weighted by Crippen LogP contribution is -2.47. The maximum Gasteiger partial charge on any atom is 0.407 e. The molecule has 6 nitrogen and oxygen atoms in total. The minimum absolute atomic E-state index is 0.115. The summed E-state index contributed by atoms with van der Waals surface area (Å²) in [4.78, 5) is 11.9. The van der Waals surface area contributed by atoms with Crippen molar-refractivity contribution < 1.29 is 9.53 Å². The summed E-state index contributed by atoms with van der Waals surface area (Å²) in [6, 6.07) is 0.379. The van der Waals surface area contributed by atoms with Gasteiger partial charge >= 0.3 is 6.09 Å². The molecule has 1 aliphatic rings. The van der Waals surface area contributed by atoms with E-state index in [2.05, 4.69) is 22.3 Å². The zero-order valence-corrected chi connectivity index (χ0v) is 13.6. The fourth-order valence-corrected chi connectivity index (χ4v) is 2.65. The second-order valence-electron chi connectivity index (χ2n) is 6.68. The van der Waals surface area contributed by atoms with Gasteiger partial charge in [0.15, 0.2) is 0 Å². The van der Waals surface area contributed by atoms with E-state index in [0.717, 1.165) is 31.4 Å². The SMILES string of the molecule is C=Cn1cc(CNC2CCCC2NC(=O)OC(C)(C)C)cn1. The van der Waals surface area contributed by atoms with Gasteiger partial charge in [-0.2, -0.15) is 5.10 Å². The largest absolute Gasteiger partial charge is 0.444 e. The van der Waals surface area contributed by atoms with Crippen LogP contribution >= 0.6 is 0 Å². The van der Waals surface area contributed by atoms with Crippen LogP contribution in [0.2, 0.25) is 0 Å². The highest BCUT2D eigenvalue weighted by Gasteiger charge is 2.29. The van der Waals surface area contributed by atoms with Gasteiger partial charge in [0.25, 0.3) is 0 Å². The molecule has 22 heavy (non-hydrogen) atoms. The molecule has 0 spiro atoms. The van der Waals surface area contributed by atoms with E-state index in [4.69, 9.17) is 4.74 Å². The Hall–Kier alpha value is -1.82. The minimum atomic E-state index is -0.467. The minimum Gasteiger partial charge on any atom is -0.444 e. The Balaban J connectivity index is 1.82. The van der Waals surface area contributed by atoms with Gasteiger partial charge in [-0.3, -0.25) is 0 Å². The van der Waals surface area contributed by atoms with Crippen molar-refractivity contribution in [3.63, 3.8) is 0 Å². The average Bonchev–Trinajstić information content (AvgIpc) is 3.02. The number of nitrogens with zero attached hydrogens (tertiary/aromatic N) is 2. The van der Waals surface area contributed by atoms with Crippen molar-refractivity contribution in [3.8, 4) is 0 Å². The van der Waals surface area contributed by atoms with Crippen LogP contribution in [-0.4, -0.2) is 33.6 Å². The van der Waals surface area contributed by atoms with E-state index in [1.54, 1.807) is 10.9 Å². The lowest BCUT2D eigenvalue weighted by molar-refractivity contribution is 0.0498. The second kappa shape index (κ2) is 6.96. The molecule has 6 heteroatoms. The Kier molecular flexibility index (Phi) is 5.24. The third-order valence-electron chi connectivity index (χ3n) is 3.63. The number of alkyl carbamates (subject to hydrolysis) is 1. The molecule has 2 unspecified atom stereocenters. The highest BCUT2D eigenvalue weighted by Crippen LogP contribution is 2.20. The molecule has 0 aliphatic heterocycles. The molecule has 122 valence electrons. The van der Waals surface area contributed by atoms with Crippen molar-refractivity contribution in [3.05, 3.63) is 24.5 Å². The van der Waals surface area contributed by atoms with Gasteiger partial charge in [0.2, 0.25) is 0 Å². The smallest absolute Gasteiger partial charge is 0.407 e. The van der Waals surface area contributed by atoms with E-state index >= 15 is 0 Å². The lowest BCUT2D eigenvalue weighted by atomic mass is 10.1. The predicted octanol–water partition coefficient (Wildman–Crippen LogP) is 2.52. The van der Waals surface area contributed by atoms with Crippen molar-refractivity contribution in [2.24, 2.45) is 0 Å². The first-order chi connectivity index (χ1) is 10.4. The van der Waals surface area contributed by atoms with Gasteiger partial charge in [-0.25, -0.2) is 9.48 Å². The van der Waals surface area contributed by atoms with Crippen molar-refractivity contribution in [2.45, 2.75) is 64.3 Å². The molecule has 2 atom stereocenters. The van der Waals surface area contributed by atoms with E-state index in [-0.39, 0.29) is 18.2 Å². The molecule has 2 N–H and O–H groups in total. The van der Waals surface area contributed by atoms with Crippen molar-refractivity contribution >= 4 is 12.3 Å². The Morgan fingerprint density at radius 3 is 2.86 bits per heavy atom. The van der Waals surface area contributed by atoms with E-state index < -0.39 is 5.60 Å². The van der Waals surface area contributed by atoms with Crippen LogP contribution in [0, 0.1) is 0 Å². The molecule has 1 aromatic heterocycles. The number of ether oxygens (including phenoxy) is 1. The Labute approximate surface area is 131 Å². The summed E-state index contributed by atoms with van der Waals surface area (Å²) in [5.41, 5.74) is 0.632. The van der Waals surface area contributed by atoms with E-state index in [0.29, 0.717) is 0 Å². The zero-order valence-electron chi connectivity index (χ0n) is 13.6. The first-order valence-corrected chi connectivity index (χ1v) is 7.76. The number of amides is 1. The standard InChI is InChI=1S/C16H26N4O2/c1-5-20-11-12(10-18-20)9-17-13-7-6-8-14(13)19-15(21)22-16(2,3)4/h5,10-11,13-14,17H,1,6-9H2,2-4H3,(H,19,21). The maximum absolute atomic E-state index is 11.9. The lowest BCUT2D eigenvalue weighted by Gasteiger charge is -2.25. The fourth-order valence-electron chi connectivity index (χ4n) is 2.65. The zero-order chi connectivity index (χ0) is 16.2. The quantitative estimate of drug-likeness (QED) is 0.877. The predicted molar refractivity (Wildman–Crippen MR) is 86.3 cm³/mol. The first kappa shape index (κ1) is 16.5. The van der Waals surface area contributed by atoms with Crippen molar-refractivity contribution in [1.82, 2.24) is 20.4 Å². The average molecular weight is 306 g/mol. The molecule has 1 aromatic rings. The molecule has 2 rings (SSSR count). The summed E-state index contributed by atoms with van der Waals surface area (Å²) in [5, 5.41) is 10.6. The summed E-state index contributed by atoms with van der Waals surface area (Å²) in [7, 11) is 0. The van der Waals surface area contributed by atoms with Crippen LogP contribution in [0.3, 0.4) is 0 Å². The molecule has 0 aromatic carbocycles. The van der Waals surface area contributed by atoms with Gasteiger partial charge in [0.05, 0.1) is 6.20 Å². The normalized spacial score (nSPS) is 21.6.